The zero-order valence-electron chi connectivity index (χ0n) is 11.7. The van der Waals surface area contributed by atoms with Gasteiger partial charge in [-0.3, -0.25) is 4.90 Å². The van der Waals surface area contributed by atoms with Gasteiger partial charge in [-0.25, -0.2) is 4.79 Å². The lowest BCUT2D eigenvalue weighted by molar-refractivity contribution is 0.0600. The minimum atomic E-state index is -0.297. The van der Waals surface area contributed by atoms with Crippen molar-refractivity contribution >= 4 is 21.9 Å². The number of halogens is 1. The van der Waals surface area contributed by atoms with Crippen LogP contribution in [0, 0.1) is 5.41 Å². The molecule has 0 atom stereocenters. The van der Waals surface area contributed by atoms with Crippen molar-refractivity contribution in [3.8, 4) is 0 Å². The molecule has 0 N–H and O–H groups in total. The summed E-state index contributed by atoms with van der Waals surface area (Å²) in [7, 11) is 1.40. The van der Waals surface area contributed by atoms with Gasteiger partial charge in [0.05, 0.1) is 12.7 Å². The third kappa shape index (κ3) is 3.57. The highest BCUT2D eigenvalue weighted by Gasteiger charge is 2.29. The van der Waals surface area contributed by atoms with E-state index in [4.69, 9.17) is 4.74 Å². The van der Waals surface area contributed by atoms with Gasteiger partial charge in [-0.05, 0) is 36.1 Å². The Morgan fingerprint density at radius 3 is 2.74 bits per heavy atom. The van der Waals surface area contributed by atoms with E-state index in [0.29, 0.717) is 11.0 Å². The summed E-state index contributed by atoms with van der Waals surface area (Å²) < 4.78 is 5.69. The molecule has 1 aliphatic heterocycles. The first-order valence-electron chi connectivity index (χ1n) is 6.50. The molecular weight excluding hydrogens is 306 g/mol. The van der Waals surface area contributed by atoms with Gasteiger partial charge >= 0.3 is 5.97 Å². The Morgan fingerprint density at radius 2 is 2.21 bits per heavy atom. The van der Waals surface area contributed by atoms with E-state index in [1.165, 1.54) is 19.1 Å². The SMILES string of the molecule is COC(=O)c1ccc(CN2CCC(C)(C)C2)c(Br)c1. The van der Waals surface area contributed by atoms with Crippen LogP contribution in [0.2, 0.25) is 0 Å². The van der Waals surface area contributed by atoms with E-state index in [9.17, 15) is 4.79 Å². The summed E-state index contributed by atoms with van der Waals surface area (Å²) in [6.45, 7) is 7.80. The molecule has 1 saturated heterocycles. The van der Waals surface area contributed by atoms with E-state index in [1.54, 1.807) is 0 Å². The molecule has 0 amide bonds. The normalized spacial score (nSPS) is 18.5. The molecule has 1 heterocycles. The number of rotatable bonds is 3. The third-order valence-electron chi connectivity index (χ3n) is 3.62. The first-order chi connectivity index (χ1) is 8.91. The molecule has 0 aromatic heterocycles. The lowest BCUT2D eigenvalue weighted by Crippen LogP contribution is -2.23. The fraction of sp³-hybridized carbons (Fsp3) is 0.533. The lowest BCUT2D eigenvalue weighted by atomic mass is 9.93. The third-order valence-corrected chi connectivity index (χ3v) is 4.36. The highest BCUT2D eigenvalue weighted by Crippen LogP contribution is 2.31. The van der Waals surface area contributed by atoms with Crippen molar-refractivity contribution in [3.05, 3.63) is 33.8 Å². The first-order valence-corrected chi connectivity index (χ1v) is 7.30. The van der Waals surface area contributed by atoms with E-state index in [1.807, 2.05) is 18.2 Å². The van der Waals surface area contributed by atoms with Gasteiger partial charge < -0.3 is 4.74 Å². The topological polar surface area (TPSA) is 29.5 Å². The van der Waals surface area contributed by atoms with Gasteiger partial charge in [0.2, 0.25) is 0 Å². The van der Waals surface area contributed by atoms with Gasteiger partial charge in [-0.1, -0.05) is 35.8 Å². The van der Waals surface area contributed by atoms with Gasteiger partial charge in [0.15, 0.2) is 0 Å². The molecule has 104 valence electrons. The fourth-order valence-corrected chi connectivity index (χ4v) is 3.02. The van der Waals surface area contributed by atoms with Crippen molar-refractivity contribution in [2.24, 2.45) is 5.41 Å². The van der Waals surface area contributed by atoms with Gasteiger partial charge in [0.1, 0.15) is 0 Å². The van der Waals surface area contributed by atoms with Crippen LogP contribution in [0.25, 0.3) is 0 Å². The molecule has 0 spiro atoms. The number of likely N-dealkylation sites (tertiary alicyclic amines) is 1. The number of carbonyl (C=O) groups is 1. The molecule has 2 rings (SSSR count). The Kier molecular flexibility index (Phi) is 4.31. The van der Waals surface area contributed by atoms with Crippen LogP contribution in [0.3, 0.4) is 0 Å². The smallest absolute Gasteiger partial charge is 0.337 e. The monoisotopic (exact) mass is 325 g/mol. The largest absolute Gasteiger partial charge is 0.465 e. The van der Waals surface area contributed by atoms with E-state index >= 15 is 0 Å². The Labute approximate surface area is 123 Å². The summed E-state index contributed by atoms with van der Waals surface area (Å²) in [5, 5.41) is 0. The van der Waals surface area contributed by atoms with Crippen LogP contribution in [0.15, 0.2) is 22.7 Å². The zero-order chi connectivity index (χ0) is 14.0. The number of esters is 1. The second-order valence-electron chi connectivity index (χ2n) is 5.92. The Balaban J connectivity index is 2.08. The number of nitrogens with zero attached hydrogens (tertiary/aromatic N) is 1. The molecule has 1 aliphatic rings. The molecular formula is C15H20BrNO2. The molecule has 1 aromatic carbocycles. The van der Waals surface area contributed by atoms with Crippen molar-refractivity contribution in [1.29, 1.82) is 0 Å². The minimum Gasteiger partial charge on any atom is -0.465 e. The summed E-state index contributed by atoms with van der Waals surface area (Å²) >= 11 is 3.55. The van der Waals surface area contributed by atoms with Crippen molar-refractivity contribution in [2.75, 3.05) is 20.2 Å². The van der Waals surface area contributed by atoms with Gasteiger partial charge in [-0.15, -0.1) is 0 Å². The van der Waals surface area contributed by atoms with Crippen LogP contribution in [0.1, 0.15) is 36.2 Å². The maximum Gasteiger partial charge on any atom is 0.337 e. The molecule has 1 fully saturated rings. The number of ether oxygens (including phenoxy) is 1. The predicted octanol–water partition coefficient (Wildman–Crippen LogP) is 3.47. The molecule has 0 bridgehead atoms. The van der Waals surface area contributed by atoms with Crippen LogP contribution in [0.4, 0.5) is 0 Å². The summed E-state index contributed by atoms with van der Waals surface area (Å²) in [6, 6.07) is 5.66. The number of carbonyl (C=O) groups excluding carboxylic acids is 1. The Morgan fingerprint density at radius 1 is 1.47 bits per heavy atom. The van der Waals surface area contributed by atoms with Gasteiger partial charge in [0.25, 0.3) is 0 Å². The quantitative estimate of drug-likeness (QED) is 0.797. The van der Waals surface area contributed by atoms with Crippen LogP contribution in [0.5, 0.6) is 0 Å². The zero-order valence-corrected chi connectivity index (χ0v) is 13.3. The molecule has 1 aromatic rings. The second-order valence-corrected chi connectivity index (χ2v) is 6.78. The highest BCUT2D eigenvalue weighted by atomic mass is 79.9. The molecule has 0 saturated carbocycles. The fourth-order valence-electron chi connectivity index (χ4n) is 2.52. The number of methoxy groups -OCH3 is 1. The molecule has 4 heteroatoms. The maximum absolute atomic E-state index is 11.5. The second kappa shape index (κ2) is 5.63. The molecule has 3 nitrogen and oxygen atoms in total. The van der Waals surface area contributed by atoms with Crippen molar-refractivity contribution in [1.82, 2.24) is 4.90 Å². The average molecular weight is 326 g/mol. The van der Waals surface area contributed by atoms with E-state index in [2.05, 4.69) is 34.7 Å². The van der Waals surface area contributed by atoms with E-state index in [0.717, 1.165) is 24.1 Å². The van der Waals surface area contributed by atoms with Crippen LogP contribution in [-0.2, 0) is 11.3 Å². The first kappa shape index (κ1) is 14.5. The maximum atomic E-state index is 11.5. The van der Waals surface area contributed by atoms with Crippen LogP contribution >= 0.6 is 15.9 Å². The molecule has 0 radical (unpaired) electrons. The average Bonchev–Trinajstić information content (AvgIpc) is 2.70. The molecule has 0 unspecified atom stereocenters. The van der Waals surface area contributed by atoms with Crippen LogP contribution < -0.4 is 0 Å². The highest BCUT2D eigenvalue weighted by molar-refractivity contribution is 9.10. The van der Waals surface area contributed by atoms with E-state index in [-0.39, 0.29) is 5.97 Å². The van der Waals surface area contributed by atoms with Crippen molar-refractivity contribution in [2.45, 2.75) is 26.8 Å². The lowest BCUT2D eigenvalue weighted by Gasteiger charge is -2.20. The Bertz CT molecular complexity index is 485. The molecule has 19 heavy (non-hydrogen) atoms. The summed E-state index contributed by atoms with van der Waals surface area (Å²) in [5.74, 6) is -0.297. The van der Waals surface area contributed by atoms with Gasteiger partial charge in [0, 0.05) is 17.6 Å². The number of benzene rings is 1. The predicted molar refractivity (Wildman–Crippen MR) is 79.2 cm³/mol. The van der Waals surface area contributed by atoms with E-state index < -0.39 is 0 Å². The van der Waals surface area contributed by atoms with Crippen LogP contribution in [-0.4, -0.2) is 31.1 Å². The number of hydrogen-bond acceptors (Lipinski definition) is 3. The summed E-state index contributed by atoms with van der Waals surface area (Å²) in [4.78, 5) is 13.9. The van der Waals surface area contributed by atoms with Gasteiger partial charge in [-0.2, -0.15) is 0 Å². The van der Waals surface area contributed by atoms with Crippen molar-refractivity contribution in [3.63, 3.8) is 0 Å². The summed E-state index contributed by atoms with van der Waals surface area (Å²) in [5.41, 5.74) is 2.21. The van der Waals surface area contributed by atoms with Crippen molar-refractivity contribution < 1.29 is 9.53 Å². The standard InChI is InChI=1S/C15H20BrNO2/c1-15(2)6-7-17(10-15)9-12-5-4-11(8-13(12)16)14(18)19-3/h4-5,8H,6-7,9-10H2,1-3H3. The number of hydrogen-bond donors (Lipinski definition) is 0. The minimum absolute atomic E-state index is 0.297. The molecule has 0 aliphatic carbocycles. The Hall–Kier alpha value is -0.870. The summed E-state index contributed by atoms with van der Waals surface area (Å²) in [6.07, 6.45) is 1.24.